The fourth-order valence-corrected chi connectivity index (χ4v) is 2.87. The minimum Gasteiger partial charge on any atom is -0.379 e. The predicted octanol–water partition coefficient (Wildman–Crippen LogP) is -0.331. The lowest BCUT2D eigenvalue weighted by molar-refractivity contribution is 0.0362. The van der Waals surface area contributed by atoms with Gasteiger partial charge in [-0.25, -0.2) is 0 Å². The number of hydrogen-bond donors (Lipinski definition) is 1. The molecular formula is C14H20N4O3. The Kier molecular flexibility index (Phi) is 3.69. The Morgan fingerprint density at radius 3 is 2.67 bits per heavy atom. The Labute approximate surface area is 121 Å². The van der Waals surface area contributed by atoms with Crippen LogP contribution >= 0.6 is 0 Å². The molecule has 0 radical (unpaired) electrons. The molecule has 0 atom stereocenters. The zero-order valence-electron chi connectivity index (χ0n) is 12.4. The van der Waals surface area contributed by atoms with E-state index >= 15 is 0 Å². The summed E-state index contributed by atoms with van der Waals surface area (Å²) in [5, 5.41) is 3.50. The van der Waals surface area contributed by atoms with Gasteiger partial charge in [0.25, 0.3) is 11.1 Å². The van der Waals surface area contributed by atoms with E-state index in [1.807, 2.05) is 6.92 Å². The number of nitrogens with zero attached hydrogens (tertiary/aromatic N) is 3. The van der Waals surface area contributed by atoms with Gasteiger partial charge in [0.15, 0.2) is 0 Å². The SMILES string of the molecule is Cc1c2c(=O)n(C)[nH]c2cc(=O)n1CCN1CCOCC1. The number of morpholine rings is 1. The van der Waals surface area contributed by atoms with Crippen molar-refractivity contribution in [1.82, 2.24) is 19.2 Å². The van der Waals surface area contributed by atoms with Gasteiger partial charge in [-0.2, -0.15) is 0 Å². The molecule has 21 heavy (non-hydrogen) atoms. The monoisotopic (exact) mass is 292 g/mol. The van der Waals surface area contributed by atoms with E-state index in [9.17, 15) is 9.59 Å². The topological polar surface area (TPSA) is 72.3 Å². The van der Waals surface area contributed by atoms with E-state index in [4.69, 9.17) is 4.74 Å². The van der Waals surface area contributed by atoms with Gasteiger partial charge in [-0.05, 0) is 6.92 Å². The van der Waals surface area contributed by atoms with Crippen molar-refractivity contribution < 1.29 is 4.74 Å². The lowest BCUT2D eigenvalue weighted by Gasteiger charge is -2.27. The third-order valence-electron chi connectivity index (χ3n) is 4.12. The molecular weight excluding hydrogens is 272 g/mol. The zero-order chi connectivity index (χ0) is 15.0. The van der Waals surface area contributed by atoms with Crippen LogP contribution in [0.25, 0.3) is 10.9 Å². The molecule has 1 saturated heterocycles. The molecule has 114 valence electrons. The first-order chi connectivity index (χ1) is 10.1. The number of H-pyrrole nitrogens is 1. The van der Waals surface area contributed by atoms with Gasteiger partial charge in [0.1, 0.15) is 0 Å². The summed E-state index contributed by atoms with van der Waals surface area (Å²) >= 11 is 0. The highest BCUT2D eigenvalue weighted by atomic mass is 16.5. The Balaban J connectivity index is 1.92. The summed E-state index contributed by atoms with van der Waals surface area (Å²) < 4.78 is 8.41. The standard InChI is InChI=1S/C14H20N4O3/c1-10-13-11(15-16(2)14(13)20)9-12(19)18(10)4-3-17-5-7-21-8-6-17/h9,15H,3-8H2,1-2H3. The van der Waals surface area contributed by atoms with Crippen molar-refractivity contribution in [2.75, 3.05) is 32.8 Å². The number of ether oxygens (including phenoxy) is 1. The van der Waals surface area contributed by atoms with Crippen molar-refractivity contribution in [3.05, 3.63) is 32.5 Å². The molecule has 1 fully saturated rings. The number of fused-ring (bicyclic) bond motifs is 1. The predicted molar refractivity (Wildman–Crippen MR) is 79.8 cm³/mol. The molecule has 0 amide bonds. The van der Waals surface area contributed by atoms with Gasteiger partial charge in [-0.3, -0.25) is 24.3 Å². The van der Waals surface area contributed by atoms with Crippen LogP contribution in [0.2, 0.25) is 0 Å². The van der Waals surface area contributed by atoms with E-state index in [1.54, 1.807) is 11.6 Å². The van der Waals surface area contributed by atoms with E-state index in [2.05, 4.69) is 10.00 Å². The Hall–Kier alpha value is -1.86. The van der Waals surface area contributed by atoms with Gasteiger partial charge < -0.3 is 9.30 Å². The zero-order valence-corrected chi connectivity index (χ0v) is 12.4. The summed E-state index contributed by atoms with van der Waals surface area (Å²) in [6.07, 6.45) is 0. The second kappa shape index (κ2) is 5.50. The number of hydrogen-bond acceptors (Lipinski definition) is 4. The second-order valence-corrected chi connectivity index (χ2v) is 5.44. The minimum atomic E-state index is -0.0948. The third-order valence-corrected chi connectivity index (χ3v) is 4.12. The first kappa shape index (κ1) is 14.1. The Morgan fingerprint density at radius 1 is 1.24 bits per heavy atom. The maximum Gasteiger partial charge on any atom is 0.275 e. The van der Waals surface area contributed by atoms with Crippen LogP contribution in [0.3, 0.4) is 0 Å². The molecule has 1 aliphatic rings. The maximum atomic E-state index is 12.2. The molecule has 3 heterocycles. The van der Waals surface area contributed by atoms with Crippen molar-refractivity contribution in [2.24, 2.45) is 7.05 Å². The highest BCUT2D eigenvalue weighted by Gasteiger charge is 2.14. The molecule has 1 N–H and O–H groups in total. The lowest BCUT2D eigenvalue weighted by atomic mass is 10.2. The molecule has 0 saturated carbocycles. The van der Waals surface area contributed by atoms with Crippen LogP contribution in [0.15, 0.2) is 15.7 Å². The minimum absolute atomic E-state index is 0.0740. The van der Waals surface area contributed by atoms with Crippen LogP contribution < -0.4 is 11.1 Å². The molecule has 7 heteroatoms. The van der Waals surface area contributed by atoms with Gasteiger partial charge in [-0.1, -0.05) is 0 Å². The largest absolute Gasteiger partial charge is 0.379 e. The van der Waals surface area contributed by atoms with Crippen LogP contribution in [0, 0.1) is 6.92 Å². The van der Waals surface area contributed by atoms with Crippen molar-refractivity contribution in [3.63, 3.8) is 0 Å². The number of rotatable bonds is 3. The van der Waals surface area contributed by atoms with Gasteiger partial charge in [0.05, 0.1) is 24.1 Å². The Bertz CT molecular complexity index is 765. The Morgan fingerprint density at radius 2 is 1.95 bits per heavy atom. The van der Waals surface area contributed by atoms with Crippen LogP contribution in [-0.2, 0) is 18.3 Å². The summed E-state index contributed by atoms with van der Waals surface area (Å²) in [4.78, 5) is 26.6. The molecule has 1 aliphatic heterocycles. The normalized spacial score (nSPS) is 16.7. The summed E-state index contributed by atoms with van der Waals surface area (Å²) in [6.45, 7) is 6.48. The quantitative estimate of drug-likeness (QED) is 0.841. The third kappa shape index (κ3) is 2.54. The molecule has 0 bridgehead atoms. The average Bonchev–Trinajstić information content (AvgIpc) is 2.74. The van der Waals surface area contributed by atoms with Gasteiger partial charge in [0, 0.05) is 45.0 Å². The summed E-state index contributed by atoms with van der Waals surface area (Å²) in [6, 6.07) is 1.50. The van der Waals surface area contributed by atoms with E-state index in [0.29, 0.717) is 17.4 Å². The van der Waals surface area contributed by atoms with E-state index in [1.165, 1.54) is 10.7 Å². The number of aryl methyl sites for hydroxylation is 2. The first-order valence-electron chi connectivity index (χ1n) is 7.17. The van der Waals surface area contributed by atoms with E-state index in [0.717, 1.165) is 38.5 Å². The molecule has 0 aromatic carbocycles. The first-order valence-corrected chi connectivity index (χ1v) is 7.17. The average molecular weight is 292 g/mol. The van der Waals surface area contributed by atoms with Crippen molar-refractivity contribution in [3.8, 4) is 0 Å². The molecule has 3 rings (SSSR count). The number of pyridine rings is 1. The van der Waals surface area contributed by atoms with Crippen LogP contribution in [0.4, 0.5) is 0 Å². The van der Waals surface area contributed by atoms with Crippen molar-refractivity contribution >= 4 is 10.9 Å². The van der Waals surface area contributed by atoms with E-state index < -0.39 is 0 Å². The molecule has 0 spiro atoms. The maximum absolute atomic E-state index is 12.2. The van der Waals surface area contributed by atoms with E-state index in [-0.39, 0.29) is 11.1 Å². The van der Waals surface area contributed by atoms with Crippen LogP contribution in [0.1, 0.15) is 5.69 Å². The highest BCUT2D eigenvalue weighted by molar-refractivity contribution is 5.79. The number of nitrogens with one attached hydrogen (secondary N) is 1. The van der Waals surface area contributed by atoms with Gasteiger partial charge in [-0.15, -0.1) is 0 Å². The lowest BCUT2D eigenvalue weighted by Crippen LogP contribution is -2.39. The molecule has 7 nitrogen and oxygen atoms in total. The van der Waals surface area contributed by atoms with Crippen molar-refractivity contribution in [1.29, 1.82) is 0 Å². The summed E-state index contributed by atoms with van der Waals surface area (Å²) in [7, 11) is 1.66. The summed E-state index contributed by atoms with van der Waals surface area (Å²) in [5.74, 6) is 0. The molecule has 0 unspecified atom stereocenters. The van der Waals surface area contributed by atoms with Gasteiger partial charge >= 0.3 is 0 Å². The fraction of sp³-hybridized carbons (Fsp3) is 0.571. The smallest absolute Gasteiger partial charge is 0.275 e. The van der Waals surface area contributed by atoms with Gasteiger partial charge in [0.2, 0.25) is 0 Å². The van der Waals surface area contributed by atoms with Crippen LogP contribution in [-0.4, -0.2) is 52.1 Å². The van der Waals surface area contributed by atoms with Crippen molar-refractivity contribution in [2.45, 2.75) is 13.5 Å². The molecule has 2 aromatic heterocycles. The number of aromatic nitrogens is 3. The van der Waals surface area contributed by atoms with Crippen LogP contribution in [0.5, 0.6) is 0 Å². The number of aromatic amines is 1. The second-order valence-electron chi connectivity index (χ2n) is 5.44. The summed E-state index contributed by atoms with van der Waals surface area (Å²) in [5.41, 5.74) is 1.16. The fourth-order valence-electron chi connectivity index (χ4n) is 2.87. The molecule has 2 aromatic rings. The molecule has 0 aliphatic carbocycles. The highest BCUT2D eigenvalue weighted by Crippen LogP contribution is 2.10.